The summed E-state index contributed by atoms with van der Waals surface area (Å²) < 4.78 is 0. The van der Waals surface area contributed by atoms with Gasteiger partial charge in [-0.2, -0.15) is 10.2 Å². The maximum atomic E-state index is 11.0. The summed E-state index contributed by atoms with van der Waals surface area (Å²) in [6.07, 6.45) is 0.805. The van der Waals surface area contributed by atoms with Crippen LogP contribution >= 0.6 is 24.4 Å². The van der Waals surface area contributed by atoms with Crippen LogP contribution in [0.25, 0.3) is 0 Å². The Bertz CT molecular complexity index is 753. The number of hydrazone groups is 2. The van der Waals surface area contributed by atoms with Crippen LogP contribution in [-0.2, 0) is 0 Å². The molecule has 0 aliphatic rings. The monoisotopic (exact) mass is 434 g/mol. The van der Waals surface area contributed by atoms with Gasteiger partial charge >= 0.3 is 0 Å². The summed E-state index contributed by atoms with van der Waals surface area (Å²) in [5.41, 5.74) is 8.51. The highest BCUT2D eigenvalue weighted by molar-refractivity contribution is 7.80. The van der Waals surface area contributed by atoms with E-state index in [4.69, 9.17) is 24.4 Å². The van der Waals surface area contributed by atoms with E-state index in [1.807, 2.05) is 56.6 Å². The average Bonchev–Trinajstić information content (AvgIpc) is 2.74. The Labute approximate surface area is 184 Å². The number of aldehydes is 1. The Morgan fingerprint density at radius 3 is 1.76 bits per heavy atom. The molecule has 0 atom stereocenters. The van der Waals surface area contributed by atoms with Crippen LogP contribution in [0.15, 0.2) is 34.5 Å². The van der Waals surface area contributed by atoms with E-state index in [-0.39, 0.29) is 0 Å². The number of nitrogens with one attached hydrogen (secondary N) is 2. The van der Waals surface area contributed by atoms with E-state index >= 15 is 0 Å². The van der Waals surface area contributed by atoms with Gasteiger partial charge in [0.15, 0.2) is 10.2 Å². The molecule has 0 radical (unpaired) electrons. The highest BCUT2D eigenvalue weighted by atomic mass is 32.1. The molecule has 7 nitrogen and oxygen atoms in total. The third-order valence-electron chi connectivity index (χ3n) is 4.35. The minimum absolute atomic E-state index is 0.538. The molecular formula is C20H30N6OS2. The van der Waals surface area contributed by atoms with Gasteiger partial charge in [-0.3, -0.25) is 15.6 Å². The summed E-state index contributed by atoms with van der Waals surface area (Å²) in [7, 11) is 0. The summed E-state index contributed by atoms with van der Waals surface area (Å²) in [4.78, 5) is 14.9. The first-order valence-electron chi connectivity index (χ1n) is 9.69. The van der Waals surface area contributed by atoms with Gasteiger partial charge in [0.05, 0.1) is 5.71 Å². The summed E-state index contributed by atoms with van der Waals surface area (Å²) in [6.45, 7) is 13.1. The molecule has 1 rings (SSSR count). The Morgan fingerprint density at radius 1 is 0.897 bits per heavy atom. The van der Waals surface area contributed by atoms with Crippen LogP contribution in [0.1, 0.15) is 50.5 Å². The van der Waals surface area contributed by atoms with Crippen molar-refractivity contribution in [3.05, 3.63) is 35.4 Å². The summed E-state index contributed by atoms with van der Waals surface area (Å²) in [5, 5.41) is 10.00. The zero-order valence-corrected chi connectivity index (χ0v) is 19.4. The van der Waals surface area contributed by atoms with Crippen molar-refractivity contribution in [3.63, 3.8) is 0 Å². The number of hydrogen-bond acceptors (Lipinski definition) is 5. The second kappa shape index (κ2) is 12.9. The first kappa shape index (κ1) is 24.6. The van der Waals surface area contributed by atoms with Crippen molar-refractivity contribution in [1.82, 2.24) is 20.7 Å². The number of carbonyl (C=O) groups excluding carboxylic acids is 1. The third-order valence-corrected chi connectivity index (χ3v) is 5.05. The second-order valence-electron chi connectivity index (χ2n) is 6.08. The quantitative estimate of drug-likeness (QED) is 0.268. The molecule has 0 saturated heterocycles. The molecule has 0 aliphatic heterocycles. The number of carbonyl (C=O) groups is 1. The van der Waals surface area contributed by atoms with Crippen LogP contribution in [0, 0.1) is 0 Å². The van der Waals surface area contributed by atoms with E-state index in [1.54, 1.807) is 12.1 Å². The number of rotatable bonds is 9. The minimum atomic E-state index is 0.538. The Balaban J connectivity index is 3.15. The van der Waals surface area contributed by atoms with Crippen molar-refractivity contribution in [2.75, 3.05) is 26.2 Å². The number of benzene rings is 1. The predicted molar refractivity (Wildman–Crippen MR) is 129 cm³/mol. The molecule has 0 unspecified atom stereocenters. The van der Waals surface area contributed by atoms with Crippen LogP contribution in [0.5, 0.6) is 0 Å². The molecular weight excluding hydrogens is 404 g/mol. The second-order valence-corrected chi connectivity index (χ2v) is 6.85. The largest absolute Gasteiger partial charge is 0.348 e. The Kier molecular flexibility index (Phi) is 11.0. The summed E-state index contributed by atoms with van der Waals surface area (Å²) in [5.74, 6) is 0. The van der Waals surface area contributed by atoms with E-state index < -0.39 is 0 Å². The van der Waals surface area contributed by atoms with Gasteiger partial charge in [0.1, 0.15) is 12.0 Å². The van der Waals surface area contributed by atoms with Crippen molar-refractivity contribution in [1.29, 1.82) is 0 Å². The van der Waals surface area contributed by atoms with E-state index in [0.717, 1.165) is 38.0 Å². The molecule has 0 aliphatic carbocycles. The molecule has 0 fully saturated rings. The standard InChI is InChI=1S/C20H30N6OS2/c1-6-25(7-2)19(28)23-21-15(5)18(17-12-10-16(14-27)11-13-17)22-24-20(29)26(8-3)9-4/h10-14H,6-9H2,1-5H3,(H,23,28)(H,24,29). The van der Waals surface area contributed by atoms with E-state index in [1.165, 1.54) is 0 Å². The molecule has 0 spiro atoms. The van der Waals surface area contributed by atoms with Gasteiger partial charge in [0.2, 0.25) is 0 Å². The van der Waals surface area contributed by atoms with Crippen LogP contribution in [-0.4, -0.2) is 63.9 Å². The number of hydrogen-bond donors (Lipinski definition) is 2. The fraction of sp³-hybridized carbons (Fsp3) is 0.450. The van der Waals surface area contributed by atoms with Gasteiger partial charge < -0.3 is 9.80 Å². The Morgan fingerprint density at radius 2 is 1.34 bits per heavy atom. The fourth-order valence-electron chi connectivity index (χ4n) is 2.53. The van der Waals surface area contributed by atoms with Gasteiger partial charge in [-0.1, -0.05) is 24.3 Å². The minimum Gasteiger partial charge on any atom is -0.348 e. The van der Waals surface area contributed by atoms with Gasteiger partial charge in [0, 0.05) is 37.3 Å². The van der Waals surface area contributed by atoms with Crippen molar-refractivity contribution in [2.24, 2.45) is 10.2 Å². The predicted octanol–water partition coefficient (Wildman–Crippen LogP) is 3.01. The van der Waals surface area contributed by atoms with E-state index in [0.29, 0.717) is 27.2 Å². The topological polar surface area (TPSA) is 72.3 Å². The van der Waals surface area contributed by atoms with Crippen LogP contribution < -0.4 is 10.9 Å². The first-order chi connectivity index (χ1) is 13.9. The summed E-state index contributed by atoms with van der Waals surface area (Å²) >= 11 is 10.8. The fourth-order valence-corrected chi connectivity index (χ4v) is 3.13. The molecule has 0 bridgehead atoms. The smallest absolute Gasteiger partial charge is 0.189 e. The zero-order valence-electron chi connectivity index (χ0n) is 17.7. The lowest BCUT2D eigenvalue weighted by atomic mass is 10.1. The number of thiocarbonyl (C=S) groups is 2. The lowest BCUT2D eigenvalue weighted by molar-refractivity contribution is 0.112. The maximum Gasteiger partial charge on any atom is 0.189 e. The maximum absolute atomic E-state index is 11.0. The van der Waals surface area contributed by atoms with Crippen LogP contribution in [0.4, 0.5) is 0 Å². The summed E-state index contributed by atoms with van der Waals surface area (Å²) in [6, 6.07) is 7.13. The Hall–Kier alpha value is -2.39. The lowest BCUT2D eigenvalue weighted by Gasteiger charge is -2.21. The highest BCUT2D eigenvalue weighted by Crippen LogP contribution is 2.06. The number of nitrogens with zero attached hydrogens (tertiary/aromatic N) is 4. The van der Waals surface area contributed by atoms with Gasteiger partial charge in [-0.25, -0.2) is 0 Å². The van der Waals surface area contributed by atoms with E-state index in [9.17, 15) is 4.79 Å². The zero-order chi connectivity index (χ0) is 21.8. The molecule has 0 heterocycles. The molecule has 2 N–H and O–H groups in total. The van der Waals surface area contributed by atoms with Crippen LogP contribution in [0.2, 0.25) is 0 Å². The molecule has 9 heteroatoms. The van der Waals surface area contributed by atoms with Crippen LogP contribution in [0.3, 0.4) is 0 Å². The van der Waals surface area contributed by atoms with Gasteiger partial charge in [-0.15, -0.1) is 0 Å². The van der Waals surface area contributed by atoms with Crippen molar-refractivity contribution < 1.29 is 4.79 Å². The van der Waals surface area contributed by atoms with Gasteiger partial charge in [-0.05, 0) is 59.1 Å². The van der Waals surface area contributed by atoms with Crippen molar-refractivity contribution in [2.45, 2.75) is 34.6 Å². The molecule has 0 amide bonds. The molecule has 1 aromatic carbocycles. The molecule has 158 valence electrons. The van der Waals surface area contributed by atoms with Crippen molar-refractivity contribution in [3.8, 4) is 0 Å². The molecule has 1 aromatic rings. The molecule has 29 heavy (non-hydrogen) atoms. The SMILES string of the molecule is CCN(CC)C(=S)NN=C(C)C(=NNC(=S)N(CC)CC)c1ccc(C=O)cc1. The molecule has 0 saturated carbocycles. The van der Waals surface area contributed by atoms with E-state index in [2.05, 4.69) is 21.1 Å². The third kappa shape index (κ3) is 7.51. The normalized spacial score (nSPS) is 11.6. The molecule has 0 aromatic heterocycles. The first-order valence-corrected chi connectivity index (χ1v) is 10.5. The highest BCUT2D eigenvalue weighted by Gasteiger charge is 2.11. The van der Waals surface area contributed by atoms with Crippen molar-refractivity contribution >= 4 is 52.4 Å². The lowest BCUT2D eigenvalue weighted by Crippen LogP contribution is -2.39. The average molecular weight is 435 g/mol. The van der Waals surface area contributed by atoms with Gasteiger partial charge in [0.25, 0.3) is 0 Å².